The maximum absolute atomic E-state index is 13.0. The van der Waals surface area contributed by atoms with E-state index in [9.17, 15) is 4.79 Å². The molecule has 3 aromatic heterocycles. The van der Waals surface area contributed by atoms with E-state index in [1.54, 1.807) is 4.68 Å². The Hall–Kier alpha value is -3.41. The number of aryl methyl sites for hydroxylation is 1. The number of carbonyl (C=O) groups is 1. The van der Waals surface area contributed by atoms with Crippen LogP contribution in [0.4, 0.5) is 0 Å². The van der Waals surface area contributed by atoms with Gasteiger partial charge in [-0.1, -0.05) is 36.4 Å². The van der Waals surface area contributed by atoms with Gasteiger partial charge in [-0.25, -0.2) is 4.98 Å². The number of imidazole rings is 1. The largest absolute Gasteiger partial charge is 0.337 e. The number of likely N-dealkylation sites (tertiary alicyclic amines) is 1. The van der Waals surface area contributed by atoms with Gasteiger partial charge < -0.3 is 9.30 Å². The van der Waals surface area contributed by atoms with Crippen LogP contribution < -0.4 is 0 Å². The third-order valence-corrected chi connectivity index (χ3v) is 6.27. The highest BCUT2D eigenvalue weighted by Gasteiger charge is 2.41. The van der Waals surface area contributed by atoms with Crippen molar-refractivity contribution in [1.82, 2.24) is 24.1 Å². The van der Waals surface area contributed by atoms with Crippen molar-refractivity contribution < 1.29 is 4.79 Å². The predicted octanol–water partition coefficient (Wildman–Crippen LogP) is 3.77. The van der Waals surface area contributed by atoms with Crippen molar-refractivity contribution in [2.45, 2.75) is 31.7 Å². The Morgan fingerprint density at radius 1 is 1.00 bits per heavy atom. The van der Waals surface area contributed by atoms with Gasteiger partial charge in [0.05, 0.1) is 5.69 Å². The van der Waals surface area contributed by atoms with Gasteiger partial charge in [0.15, 0.2) is 0 Å². The summed E-state index contributed by atoms with van der Waals surface area (Å²) in [6.07, 6.45) is 7.71. The molecule has 0 atom stereocenters. The molecular formula is C24H25N5O. The van der Waals surface area contributed by atoms with Crippen molar-refractivity contribution in [3.05, 3.63) is 90.1 Å². The van der Waals surface area contributed by atoms with Crippen molar-refractivity contribution in [2.75, 3.05) is 13.1 Å². The molecule has 0 unspecified atom stereocenters. The van der Waals surface area contributed by atoms with Crippen molar-refractivity contribution in [2.24, 2.45) is 0 Å². The average Bonchev–Trinajstić information content (AvgIpc) is 3.46. The Labute approximate surface area is 175 Å². The summed E-state index contributed by atoms with van der Waals surface area (Å²) >= 11 is 0. The molecule has 1 aromatic carbocycles. The van der Waals surface area contributed by atoms with Crippen LogP contribution in [0.1, 0.15) is 41.5 Å². The van der Waals surface area contributed by atoms with E-state index in [1.807, 2.05) is 54.5 Å². The van der Waals surface area contributed by atoms with Crippen LogP contribution in [0.2, 0.25) is 0 Å². The van der Waals surface area contributed by atoms with Gasteiger partial charge in [-0.2, -0.15) is 5.10 Å². The minimum absolute atomic E-state index is 0.0128. The van der Waals surface area contributed by atoms with Gasteiger partial charge in [0, 0.05) is 43.6 Å². The maximum atomic E-state index is 13.0. The molecule has 6 nitrogen and oxygen atoms in total. The number of piperidine rings is 1. The summed E-state index contributed by atoms with van der Waals surface area (Å²) in [7, 11) is 0. The molecule has 1 amide bonds. The highest BCUT2D eigenvalue weighted by molar-refractivity contribution is 5.92. The summed E-state index contributed by atoms with van der Waals surface area (Å²) in [6, 6.07) is 18.5. The molecular weight excluding hydrogens is 374 g/mol. The Morgan fingerprint density at radius 3 is 2.47 bits per heavy atom. The van der Waals surface area contributed by atoms with Gasteiger partial charge in [0.2, 0.25) is 0 Å². The SMILES string of the molecule is CCn1ccc(C(=O)N2CCC(c3ccccc3)(c3cn4ccccc4n3)CC2)n1. The fraction of sp³-hybridized carbons (Fsp3) is 0.292. The van der Waals surface area contributed by atoms with Gasteiger partial charge in [0.25, 0.3) is 5.91 Å². The summed E-state index contributed by atoms with van der Waals surface area (Å²) in [5.74, 6) is 0.0128. The first-order valence-electron chi connectivity index (χ1n) is 10.5. The van der Waals surface area contributed by atoms with Crippen molar-refractivity contribution in [1.29, 1.82) is 0 Å². The molecule has 0 aliphatic carbocycles. The molecule has 4 aromatic rings. The number of rotatable bonds is 4. The van der Waals surface area contributed by atoms with Gasteiger partial charge >= 0.3 is 0 Å². The number of amides is 1. The summed E-state index contributed by atoms with van der Waals surface area (Å²) in [5, 5.41) is 4.40. The summed E-state index contributed by atoms with van der Waals surface area (Å²) < 4.78 is 3.87. The zero-order valence-electron chi connectivity index (χ0n) is 17.1. The molecule has 1 saturated heterocycles. The van der Waals surface area contributed by atoms with E-state index < -0.39 is 0 Å². The number of nitrogens with zero attached hydrogens (tertiary/aromatic N) is 5. The van der Waals surface area contributed by atoms with E-state index in [2.05, 4.69) is 40.0 Å². The quantitative estimate of drug-likeness (QED) is 0.525. The van der Waals surface area contributed by atoms with Gasteiger partial charge in [-0.15, -0.1) is 0 Å². The van der Waals surface area contributed by atoms with Gasteiger partial charge in [0.1, 0.15) is 11.3 Å². The zero-order valence-corrected chi connectivity index (χ0v) is 17.1. The number of carbonyl (C=O) groups excluding carboxylic acids is 1. The van der Waals surface area contributed by atoms with E-state index in [-0.39, 0.29) is 11.3 Å². The van der Waals surface area contributed by atoms with Crippen molar-refractivity contribution in [3.8, 4) is 0 Å². The lowest BCUT2D eigenvalue weighted by Crippen LogP contribution is -2.46. The number of pyridine rings is 1. The highest BCUT2D eigenvalue weighted by atomic mass is 16.2. The fourth-order valence-electron chi connectivity index (χ4n) is 4.52. The Balaban J connectivity index is 1.47. The lowest BCUT2D eigenvalue weighted by atomic mass is 9.70. The molecule has 1 aliphatic rings. The first-order valence-corrected chi connectivity index (χ1v) is 10.5. The van der Waals surface area contributed by atoms with Crippen LogP contribution in [0, 0.1) is 0 Å². The predicted molar refractivity (Wildman–Crippen MR) is 115 cm³/mol. The molecule has 4 heterocycles. The minimum atomic E-state index is -0.202. The topological polar surface area (TPSA) is 55.4 Å². The van der Waals surface area contributed by atoms with Crippen LogP contribution in [-0.2, 0) is 12.0 Å². The summed E-state index contributed by atoms with van der Waals surface area (Å²) in [5.41, 5.74) is 3.61. The van der Waals surface area contributed by atoms with Crippen LogP contribution in [-0.4, -0.2) is 43.1 Å². The van der Waals surface area contributed by atoms with Gasteiger partial charge in [-0.3, -0.25) is 9.48 Å². The minimum Gasteiger partial charge on any atom is -0.337 e. The van der Waals surface area contributed by atoms with E-state index in [0.717, 1.165) is 30.7 Å². The zero-order chi connectivity index (χ0) is 20.6. The highest BCUT2D eigenvalue weighted by Crippen LogP contribution is 2.41. The molecule has 0 spiro atoms. The van der Waals surface area contributed by atoms with Gasteiger partial charge in [-0.05, 0) is 43.5 Å². The molecule has 5 rings (SSSR count). The van der Waals surface area contributed by atoms with Crippen LogP contribution in [0.5, 0.6) is 0 Å². The van der Waals surface area contributed by atoms with Crippen molar-refractivity contribution in [3.63, 3.8) is 0 Å². The molecule has 1 fully saturated rings. The van der Waals surface area contributed by atoms with E-state index >= 15 is 0 Å². The Kier molecular flexibility index (Phi) is 4.62. The monoisotopic (exact) mass is 399 g/mol. The Bertz CT molecular complexity index is 1140. The molecule has 1 aliphatic heterocycles. The number of aromatic nitrogens is 4. The molecule has 6 heteroatoms. The number of benzene rings is 1. The molecule has 152 valence electrons. The summed E-state index contributed by atoms with van der Waals surface area (Å²) in [4.78, 5) is 19.9. The first-order chi connectivity index (χ1) is 14.7. The second-order valence-corrected chi connectivity index (χ2v) is 7.89. The lowest BCUT2D eigenvalue weighted by Gasteiger charge is -2.41. The maximum Gasteiger partial charge on any atom is 0.274 e. The Morgan fingerprint density at radius 2 is 1.77 bits per heavy atom. The number of fused-ring (bicyclic) bond motifs is 1. The van der Waals surface area contributed by atoms with Crippen LogP contribution in [0.3, 0.4) is 0 Å². The van der Waals surface area contributed by atoms with Crippen molar-refractivity contribution >= 4 is 11.6 Å². The smallest absolute Gasteiger partial charge is 0.274 e. The van der Waals surface area contributed by atoms with E-state index in [1.165, 1.54) is 5.56 Å². The second-order valence-electron chi connectivity index (χ2n) is 7.89. The first kappa shape index (κ1) is 18.6. The molecule has 0 saturated carbocycles. The van der Waals surface area contributed by atoms with Crippen LogP contribution in [0.25, 0.3) is 5.65 Å². The number of hydrogen-bond acceptors (Lipinski definition) is 3. The lowest BCUT2D eigenvalue weighted by molar-refractivity contribution is 0.0677. The third kappa shape index (κ3) is 3.09. The second kappa shape index (κ2) is 7.44. The molecule has 0 radical (unpaired) electrons. The number of hydrogen-bond donors (Lipinski definition) is 0. The normalized spacial score (nSPS) is 16.1. The average molecular weight is 399 g/mol. The van der Waals surface area contributed by atoms with Crippen LogP contribution >= 0.6 is 0 Å². The molecule has 0 N–H and O–H groups in total. The summed E-state index contributed by atoms with van der Waals surface area (Å²) in [6.45, 7) is 4.14. The van der Waals surface area contributed by atoms with E-state index in [4.69, 9.17) is 4.98 Å². The third-order valence-electron chi connectivity index (χ3n) is 6.27. The molecule has 0 bridgehead atoms. The fourth-order valence-corrected chi connectivity index (χ4v) is 4.52. The molecule has 30 heavy (non-hydrogen) atoms. The van der Waals surface area contributed by atoms with Crippen LogP contribution in [0.15, 0.2) is 73.2 Å². The standard InChI is InChI=1S/C24H25N5O/c1-2-29-15-11-20(26-29)23(30)27-16-12-24(13-17-27,19-8-4-3-5-9-19)21-18-28-14-7-6-10-22(28)25-21/h3-11,14-15,18H,2,12-13,16-17H2,1H3. The van der Waals surface area contributed by atoms with E-state index in [0.29, 0.717) is 18.8 Å².